The first-order valence-corrected chi connectivity index (χ1v) is 12.7. The van der Waals surface area contributed by atoms with Gasteiger partial charge < -0.3 is 14.4 Å². The molecule has 1 aromatic carbocycles. The summed E-state index contributed by atoms with van der Waals surface area (Å²) in [5.41, 5.74) is 2.42. The summed E-state index contributed by atoms with van der Waals surface area (Å²) in [6.07, 6.45) is 3.68. The van der Waals surface area contributed by atoms with Gasteiger partial charge in [-0.1, -0.05) is 50.1 Å². The lowest BCUT2D eigenvalue weighted by Crippen LogP contribution is -2.45. The molecule has 0 saturated heterocycles. The first kappa shape index (κ1) is 24.9. The van der Waals surface area contributed by atoms with Crippen LogP contribution in [-0.2, 0) is 27.2 Å². The van der Waals surface area contributed by atoms with E-state index in [1.165, 1.54) is 0 Å². The number of esters is 1. The molecule has 2 heterocycles. The van der Waals surface area contributed by atoms with Gasteiger partial charge in [0, 0.05) is 12.1 Å². The first-order valence-electron chi connectivity index (χ1n) is 12.7. The van der Waals surface area contributed by atoms with Crippen LogP contribution in [0.5, 0.6) is 0 Å². The summed E-state index contributed by atoms with van der Waals surface area (Å²) in [6, 6.07) is 10.1. The molecule has 1 aliphatic carbocycles. The predicted octanol–water partition coefficient (Wildman–Crippen LogP) is 4.17. The molecule has 2 aliphatic rings. The van der Waals surface area contributed by atoms with Crippen molar-refractivity contribution < 1.29 is 19.1 Å². The lowest BCUT2D eigenvalue weighted by molar-refractivity contribution is -0.155. The van der Waals surface area contributed by atoms with Gasteiger partial charge in [-0.25, -0.2) is 9.78 Å². The second-order valence-corrected chi connectivity index (χ2v) is 9.43. The van der Waals surface area contributed by atoms with Gasteiger partial charge in [0.25, 0.3) is 5.56 Å². The van der Waals surface area contributed by atoms with Gasteiger partial charge in [0.1, 0.15) is 11.9 Å². The molecular formula is C27H35N3O5. The van der Waals surface area contributed by atoms with Crippen LogP contribution >= 0.6 is 0 Å². The monoisotopic (exact) mass is 481 g/mol. The van der Waals surface area contributed by atoms with Crippen LogP contribution < -0.4 is 5.56 Å². The van der Waals surface area contributed by atoms with Crippen LogP contribution in [0.3, 0.4) is 0 Å². The molecule has 1 amide bonds. The van der Waals surface area contributed by atoms with Crippen molar-refractivity contribution in [3.05, 3.63) is 63.3 Å². The predicted molar refractivity (Wildman–Crippen MR) is 131 cm³/mol. The fourth-order valence-electron chi connectivity index (χ4n) is 4.99. The average Bonchev–Trinajstić information content (AvgIpc) is 2.83. The third-order valence-electron chi connectivity index (χ3n) is 7.01. The Kier molecular flexibility index (Phi) is 7.88. The number of amides is 1. The molecule has 1 saturated carbocycles. The van der Waals surface area contributed by atoms with Crippen molar-refractivity contribution in [2.75, 3.05) is 13.2 Å². The zero-order valence-corrected chi connectivity index (χ0v) is 20.9. The summed E-state index contributed by atoms with van der Waals surface area (Å²) in [7, 11) is 0. The number of benzene rings is 1. The molecule has 1 unspecified atom stereocenters. The number of fused-ring (bicyclic) bond motifs is 1. The number of carbonyl (C=O) groups excluding carboxylic acids is 2. The fourth-order valence-corrected chi connectivity index (χ4v) is 4.99. The van der Waals surface area contributed by atoms with Gasteiger partial charge in [-0.05, 0) is 45.1 Å². The molecule has 4 rings (SSSR count). The second kappa shape index (κ2) is 11.1. The number of aromatic nitrogens is 2. The summed E-state index contributed by atoms with van der Waals surface area (Å²) in [4.78, 5) is 44.5. The molecule has 35 heavy (non-hydrogen) atoms. The van der Waals surface area contributed by atoms with Crippen LogP contribution in [0.2, 0.25) is 0 Å². The van der Waals surface area contributed by atoms with Crippen molar-refractivity contribution in [1.82, 2.24) is 14.5 Å². The highest BCUT2D eigenvalue weighted by Crippen LogP contribution is 2.32. The zero-order chi connectivity index (χ0) is 24.9. The zero-order valence-electron chi connectivity index (χ0n) is 20.9. The first-order chi connectivity index (χ1) is 16.9. The molecule has 2 aromatic rings. The van der Waals surface area contributed by atoms with Gasteiger partial charge in [0.15, 0.2) is 0 Å². The fraction of sp³-hybridized carbons (Fsp3) is 0.556. The summed E-state index contributed by atoms with van der Waals surface area (Å²) < 4.78 is 12.5. The van der Waals surface area contributed by atoms with Gasteiger partial charge in [0.05, 0.1) is 30.8 Å². The van der Waals surface area contributed by atoms with Crippen molar-refractivity contribution in [2.24, 2.45) is 5.92 Å². The van der Waals surface area contributed by atoms with Crippen molar-refractivity contribution in [3.63, 3.8) is 0 Å². The van der Waals surface area contributed by atoms with E-state index in [-0.39, 0.29) is 36.1 Å². The highest BCUT2D eigenvalue weighted by Gasteiger charge is 2.39. The largest absolute Gasteiger partial charge is 0.466 e. The number of hydrogen-bond donors (Lipinski definition) is 0. The quantitative estimate of drug-likeness (QED) is 0.526. The van der Waals surface area contributed by atoms with Gasteiger partial charge in [-0.2, -0.15) is 0 Å². The van der Waals surface area contributed by atoms with E-state index in [0.717, 1.165) is 24.8 Å². The lowest BCUT2D eigenvalue weighted by Gasteiger charge is -2.35. The number of nitrogens with zero attached hydrogens (tertiary/aromatic N) is 3. The maximum Gasteiger partial charge on any atom is 0.410 e. The van der Waals surface area contributed by atoms with Crippen molar-refractivity contribution >= 4 is 12.1 Å². The van der Waals surface area contributed by atoms with Crippen LogP contribution in [0, 0.1) is 12.8 Å². The molecule has 1 atom stereocenters. The average molecular weight is 482 g/mol. The van der Waals surface area contributed by atoms with Gasteiger partial charge in [-0.3, -0.25) is 14.2 Å². The van der Waals surface area contributed by atoms with Crippen molar-refractivity contribution in [2.45, 2.75) is 78.0 Å². The van der Waals surface area contributed by atoms with Crippen LogP contribution in [0.25, 0.3) is 0 Å². The summed E-state index contributed by atoms with van der Waals surface area (Å²) in [5.74, 6) is 0.239. The van der Waals surface area contributed by atoms with E-state index in [1.54, 1.807) is 11.8 Å². The van der Waals surface area contributed by atoms with Crippen molar-refractivity contribution in [1.29, 1.82) is 0 Å². The molecule has 1 aromatic heterocycles. The molecule has 0 bridgehead atoms. The minimum absolute atomic E-state index is 0.0123. The molecule has 0 spiro atoms. The van der Waals surface area contributed by atoms with Crippen LogP contribution in [0.15, 0.2) is 35.1 Å². The smallest absolute Gasteiger partial charge is 0.410 e. The molecule has 0 radical (unpaired) electrons. The van der Waals surface area contributed by atoms with E-state index in [4.69, 9.17) is 14.5 Å². The minimum atomic E-state index is -0.420. The van der Waals surface area contributed by atoms with Crippen LogP contribution in [-0.4, -0.2) is 45.8 Å². The summed E-state index contributed by atoms with van der Waals surface area (Å²) in [6.45, 7) is 6.81. The maximum absolute atomic E-state index is 13.6. The number of unbranched alkanes of at least 4 members (excludes halogenated alkanes) is 1. The Hall–Kier alpha value is -3.16. The standard InChI is InChI=1S/C27H35N3O5/c1-4-6-12-24(19-10-8-7-9-11-19)30-18(3)28-23-17-29(14-13-22(23)25(30)31)27(33)35-21-15-20(16-21)26(32)34-5-2/h7-11,20-21,24H,4-6,12-17H2,1-3H3. The number of hydrogen-bond acceptors (Lipinski definition) is 6. The summed E-state index contributed by atoms with van der Waals surface area (Å²) in [5, 5.41) is 0. The molecule has 1 fully saturated rings. The second-order valence-electron chi connectivity index (χ2n) is 9.43. The normalized spacial score (nSPS) is 19.9. The van der Waals surface area contributed by atoms with Gasteiger partial charge in [-0.15, -0.1) is 0 Å². The van der Waals surface area contributed by atoms with Gasteiger partial charge >= 0.3 is 12.1 Å². The number of aryl methyl sites for hydroxylation is 1. The Balaban J connectivity index is 1.47. The maximum atomic E-state index is 13.6. The SMILES string of the molecule is CCCCC(c1ccccc1)n1c(C)nc2c(c1=O)CCN(C(=O)OC1CC(C(=O)OCC)C1)C2. The molecular weight excluding hydrogens is 446 g/mol. The number of carbonyl (C=O) groups is 2. The van der Waals surface area contributed by atoms with E-state index in [0.29, 0.717) is 49.5 Å². The third kappa shape index (κ3) is 5.41. The van der Waals surface area contributed by atoms with Crippen LogP contribution in [0.4, 0.5) is 4.79 Å². The lowest BCUT2D eigenvalue weighted by atomic mass is 9.82. The Morgan fingerprint density at radius 2 is 1.91 bits per heavy atom. The highest BCUT2D eigenvalue weighted by molar-refractivity contribution is 5.74. The number of ether oxygens (including phenoxy) is 2. The third-order valence-corrected chi connectivity index (χ3v) is 7.01. The molecule has 188 valence electrons. The van der Waals surface area contributed by atoms with Crippen LogP contribution in [0.1, 0.15) is 74.6 Å². The Bertz CT molecular complexity index is 1110. The molecule has 0 N–H and O–H groups in total. The van der Waals surface area contributed by atoms with E-state index in [9.17, 15) is 14.4 Å². The van der Waals surface area contributed by atoms with E-state index >= 15 is 0 Å². The van der Waals surface area contributed by atoms with Gasteiger partial charge in [0.2, 0.25) is 0 Å². The Labute approximate surface area is 206 Å². The molecule has 8 nitrogen and oxygen atoms in total. The van der Waals surface area contributed by atoms with E-state index in [1.807, 2.05) is 29.7 Å². The topological polar surface area (TPSA) is 90.7 Å². The Morgan fingerprint density at radius 1 is 1.17 bits per heavy atom. The molecule has 8 heteroatoms. The Morgan fingerprint density at radius 3 is 2.60 bits per heavy atom. The highest BCUT2D eigenvalue weighted by atomic mass is 16.6. The minimum Gasteiger partial charge on any atom is -0.466 e. The molecule has 1 aliphatic heterocycles. The van der Waals surface area contributed by atoms with E-state index in [2.05, 4.69) is 19.1 Å². The van der Waals surface area contributed by atoms with Crippen molar-refractivity contribution in [3.8, 4) is 0 Å². The van der Waals surface area contributed by atoms with E-state index < -0.39 is 6.09 Å². The summed E-state index contributed by atoms with van der Waals surface area (Å²) >= 11 is 0. The number of rotatable bonds is 8.